The molecule has 0 saturated carbocycles. The highest BCUT2D eigenvalue weighted by atomic mass is 35.5. The smallest absolute Gasteiger partial charge is 0.283 e. The van der Waals surface area contributed by atoms with Crippen molar-refractivity contribution in [1.82, 2.24) is 4.90 Å². The maximum absolute atomic E-state index is 13.1. The molecular formula is C29H27ClN4O3. The minimum absolute atomic E-state index is 0.0173. The molecule has 0 atom stereocenters. The number of benzene rings is 3. The summed E-state index contributed by atoms with van der Waals surface area (Å²) in [5.74, 6) is -1.12. The number of rotatable bonds is 5. The zero-order valence-electron chi connectivity index (χ0n) is 20.7. The van der Waals surface area contributed by atoms with E-state index in [4.69, 9.17) is 11.6 Å². The van der Waals surface area contributed by atoms with Gasteiger partial charge in [0.05, 0.1) is 5.69 Å². The Kier molecular flexibility index (Phi) is 6.72. The summed E-state index contributed by atoms with van der Waals surface area (Å²) in [4.78, 5) is 44.3. The van der Waals surface area contributed by atoms with Crippen molar-refractivity contribution in [1.29, 1.82) is 0 Å². The Balaban J connectivity index is 1.25. The SMILES string of the molecule is Cc1ccc(C)c(N2C(=O)C(Cl)=C(Nc3ccc(C(=O)N4CCN(c5ccccc5)CC4)cc3)C2=O)c1. The van der Waals surface area contributed by atoms with Gasteiger partial charge in [-0.3, -0.25) is 14.4 Å². The van der Waals surface area contributed by atoms with Gasteiger partial charge in [-0.05, 0) is 67.4 Å². The third-order valence-electron chi connectivity index (χ3n) is 6.72. The normalized spacial score (nSPS) is 16.0. The van der Waals surface area contributed by atoms with Crippen LogP contribution in [0, 0.1) is 13.8 Å². The van der Waals surface area contributed by atoms with Gasteiger partial charge in [-0.25, -0.2) is 4.90 Å². The Morgan fingerprint density at radius 1 is 0.838 bits per heavy atom. The van der Waals surface area contributed by atoms with Crippen molar-refractivity contribution < 1.29 is 14.4 Å². The summed E-state index contributed by atoms with van der Waals surface area (Å²) in [7, 11) is 0. The van der Waals surface area contributed by atoms with Gasteiger partial charge in [0.25, 0.3) is 17.7 Å². The van der Waals surface area contributed by atoms with Crippen molar-refractivity contribution in [2.45, 2.75) is 13.8 Å². The van der Waals surface area contributed by atoms with Crippen molar-refractivity contribution in [3.63, 3.8) is 0 Å². The maximum Gasteiger partial charge on any atom is 0.283 e. The standard InChI is InChI=1S/C29H27ClN4O3/c1-19-8-9-20(2)24(18-19)34-28(36)25(30)26(29(34)37)31-22-12-10-21(11-13-22)27(35)33-16-14-32(15-17-33)23-6-4-3-5-7-23/h3-13,18,31H,14-17H2,1-2H3. The van der Waals surface area contributed by atoms with E-state index in [1.54, 1.807) is 30.3 Å². The summed E-state index contributed by atoms with van der Waals surface area (Å²) in [5.41, 5.74) is 4.54. The average Bonchev–Trinajstić information content (AvgIpc) is 3.13. The van der Waals surface area contributed by atoms with Gasteiger partial charge in [-0.15, -0.1) is 0 Å². The number of hydrogen-bond acceptors (Lipinski definition) is 5. The summed E-state index contributed by atoms with van der Waals surface area (Å²) in [6.07, 6.45) is 0. The van der Waals surface area contributed by atoms with Crippen LogP contribution in [0.5, 0.6) is 0 Å². The molecule has 0 aliphatic carbocycles. The van der Waals surface area contributed by atoms with Gasteiger partial charge in [0.2, 0.25) is 0 Å². The molecule has 1 N–H and O–H groups in total. The molecule has 5 rings (SSSR count). The van der Waals surface area contributed by atoms with E-state index in [0.717, 1.165) is 34.8 Å². The molecule has 1 saturated heterocycles. The van der Waals surface area contributed by atoms with Crippen molar-refractivity contribution >= 4 is 46.4 Å². The Morgan fingerprint density at radius 3 is 2.19 bits per heavy atom. The molecule has 8 heteroatoms. The predicted octanol–water partition coefficient (Wildman–Crippen LogP) is 4.70. The van der Waals surface area contributed by atoms with E-state index in [2.05, 4.69) is 22.3 Å². The number of para-hydroxylation sites is 1. The maximum atomic E-state index is 13.1. The molecule has 188 valence electrons. The van der Waals surface area contributed by atoms with E-state index in [1.807, 2.05) is 49.1 Å². The van der Waals surface area contributed by atoms with Crippen LogP contribution >= 0.6 is 11.6 Å². The molecule has 0 aromatic heterocycles. The summed E-state index contributed by atoms with van der Waals surface area (Å²) < 4.78 is 0. The molecule has 2 aliphatic heterocycles. The monoisotopic (exact) mass is 514 g/mol. The number of nitrogens with one attached hydrogen (secondary N) is 1. The summed E-state index contributed by atoms with van der Waals surface area (Å²) in [5, 5.41) is 2.81. The average molecular weight is 515 g/mol. The zero-order valence-corrected chi connectivity index (χ0v) is 21.5. The minimum Gasteiger partial charge on any atom is -0.368 e. The first-order valence-corrected chi connectivity index (χ1v) is 12.5. The van der Waals surface area contributed by atoms with Gasteiger partial charge in [0, 0.05) is 43.1 Å². The number of nitrogens with zero attached hydrogens (tertiary/aromatic N) is 3. The van der Waals surface area contributed by atoms with Gasteiger partial charge in [-0.1, -0.05) is 41.9 Å². The van der Waals surface area contributed by atoms with Crippen molar-refractivity contribution in [3.05, 3.63) is 100 Å². The number of carbonyl (C=O) groups is 3. The van der Waals surface area contributed by atoms with Crippen LogP contribution in [0.2, 0.25) is 0 Å². The topological polar surface area (TPSA) is 73.0 Å². The van der Waals surface area contributed by atoms with E-state index in [1.165, 1.54) is 0 Å². The zero-order chi connectivity index (χ0) is 26.1. The lowest BCUT2D eigenvalue weighted by Crippen LogP contribution is -2.48. The van der Waals surface area contributed by atoms with E-state index < -0.39 is 11.8 Å². The summed E-state index contributed by atoms with van der Waals surface area (Å²) in [6.45, 7) is 6.56. The highest BCUT2D eigenvalue weighted by Gasteiger charge is 2.39. The van der Waals surface area contributed by atoms with E-state index >= 15 is 0 Å². The molecule has 0 radical (unpaired) electrons. The number of anilines is 3. The van der Waals surface area contributed by atoms with Crippen LogP contribution in [0.25, 0.3) is 0 Å². The first-order valence-electron chi connectivity index (χ1n) is 12.2. The second kappa shape index (κ2) is 10.1. The first kappa shape index (κ1) is 24.6. The quantitative estimate of drug-likeness (QED) is 0.500. The number of aryl methyl sites for hydroxylation is 2. The van der Waals surface area contributed by atoms with Crippen LogP contribution in [-0.4, -0.2) is 48.8 Å². The second-order valence-electron chi connectivity index (χ2n) is 9.24. The predicted molar refractivity (Wildman–Crippen MR) is 146 cm³/mol. The molecular weight excluding hydrogens is 488 g/mol. The van der Waals surface area contributed by atoms with Gasteiger partial charge >= 0.3 is 0 Å². The lowest BCUT2D eigenvalue weighted by atomic mass is 10.1. The van der Waals surface area contributed by atoms with E-state index in [0.29, 0.717) is 30.0 Å². The summed E-state index contributed by atoms with van der Waals surface area (Å²) >= 11 is 6.29. The molecule has 2 aliphatic rings. The van der Waals surface area contributed by atoms with Crippen LogP contribution < -0.4 is 15.1 Å². The number of hydrogen-bond donors (Lipinski definition) is 1. The van der Waals surface area contributed by atoms with Gasteiger partial charge in [-0.2, -0.15) is 0 Å². The largest absolute Gasteiger partial charge is 0.368 e. The number of amides is 3. The molecule has 3 amide bonds. The molecule has 3 aromatic rings. The number of carbonyl (C=O) groups excluding carboxylic acids is 3. The second-order valence-corrected chi connectivity index (χ2v) is 9.62. The minimum atomic E-state index is -0.565. The van der Waals surface area contributed by atoms with Crippen LogP contribution in [0.15, 0.2) is 83.5 Å². The van der Waals surface area contributed by atoms with Gasteiger partial charge in [0.15, 0.2) is 0 Å². The lowest BCUT2D eigenvalue weighted by molar-refractivity contribution is -0.120. The van der Waals surface area contributed by atoms with Crippen molar-refractivity contribution in [3.8, 4) is 0 Å². The van der Waals surface area contributed by atoms with Crippen molar-refractivity contribution in [2.75, 3.05) is 41.3 Å². The summed E-state index contributed by atoms with van der Waals surface area (Å²) in [6, 6.07) is 22.6. The first-order chi connectivity index (χ1) is 17.8. The number of piperazine rings is 1. The number of imide groups is 1. The van der Waals surface area contributed by atoms with E-state index in [-0.39, 0.29) is 16.6 Å². The van der Waals surface area contributed by atoms with E-state index in [9.17, 15) is 14.4 Å². The van der Waals surface area contributed by atoms with Gasteiger partial charge < -0.3 is 15.1 Å². The molecule has 3 aromatic carbocycles. The Bertz CT molecular complexity index is 1390. The fraction of sp³-hybridized carbons (Fsp3) is 0.207. The Labute approximate surface area is 220 Å². The van der Waals surface area contributed by atoms with Crippen LogP contribution in [0.1, 0.15) is 21.5 Å². The molecule has 1 fully saturated rings. The van der Waals surface area contributed by atoms with Crippen LogP contribution in [-0.2, 0) is 9.59 Å². The molecule has 0 unspecified atom stereocenters. The van der Waals surface area contributed by atoms with Crippen molar-refractivity contribution in [2.24, 2.45) is 0 Å². The highest BCUT2D eigenvalue weighted by molar-refractivity contribution is 6.53. The van der Waals surface area contributed by atoms with Crippen LogP contribution in [0.3, 0.4) is 0 Å². The Hall–Kier alpha value is -4.10. The highest BCUT2D eigenvalue weighted by Crippen LogP contribution is 2.32. The molecule has 7 nitrogen and oxygen atoms in total. The Morgan fingerprint density at radius 2 is 1.51 bits per heavy atom. The van der Waals surface area contributed by atoms with Crippen LogP contribution in [0.4, 0.5) is 17.1 Å². The fourth-order valence-electron chi connectivity index (χ4n) is 4.62. The molecule has 0 bridgehead atoms. The third kappa shape index (κ3) is 4.82. The fourth-order valence-corrected chi connectivity index (χ4v) is 4.83. The molecule has 37 heavy (non-hydrogen) atoms. The lowest BCUT2D eigenvalue weighted by Gasteiger charge is -2.36. The number of halogens is 1. The molecule has 2 heterocycles. The van der Waals surface area contributed by atoms with Gasteiger partial charge in [0.1, 0.15) is 10.7 Å². The third-order valence-corrected chi connectivity index (χ3v) is 7.07. The molecule has 0 spiro atoms.